The molecule has 4 heteroatoms. The van der Waals surface area contributed by atoms with Crippen LogP contribution in [0, 0.1) is 5.92 Å². The quantitative estimate of drug-likeness (QED) is 0.842. The number of carboxylic acid groups (broad SMARTS) is 1. The summed E-state index contributed by atoms with van der Waals surface area (Å²) in [6.07, 6.45) is 10.9. The van der Waals surface area contributed by atoms with E-state index in [4.69, 9.17) is 5.11 Å². The van der Waals surface area contributed by atoms with E-state index < -0.39 is 5.97 Å². The molecule has 1 heterocycles. The van der Waals surface area contributed by atoms with Crippen LogP contribution in [-0.4, -0.2) is 34.5 Å². The number of likely N-dealkylation sites (tertiary alicyclic amines) is 1. The van der Waals surface area contributed by atoms with Gasteiger partial charge in [-0.15, -0.1) is 0 Å². The van der Waals surface area contributed by atoms with Crippen LogP contribution < -0.4 is 0 Å². The van der Waals surface area contributed by atoms with Crippen LogP contribution in [0.1, 0.15) is 70.6 Å². The average Bonchev–Trinajstić information content (AvgIpc) is 2.46. The number of amides is 1. The first-order chi connectivity index (χ1) is 9.66. The smallest absolute Gasteiger partial charge is 0.303 e. The lowest BCUT2D eigenvalue weighted by Crippen LogP contribution is -2.44. The summed E-state index contributed by atoms with van der Waals surface area (Å²) in [6, 6.07) is 0.163. The van der Waals surface area contributed by atoms with E-state index in [2.05, 4.69) is 0 Å². The Bertz CT molecular complexity index is 337. The van der Waals surface area contributed by atoms with Gasteiger partial charge in [0.15, 0.2) is 0 Å². The van der Waals surface area contributed by atoms with Gasteiger partial charge >= 0.3 is 5.97 Å². The van der Waals surface area contributed by atoms with Crippen molar-refractivity contribution in [1.29, 1.82) is 0 Å². The van der Waals surface area contributed by atoms with Crippen LogP contribution in [0.2, 0.25) is 0 Å². The standard InChI is InChI=1S/C16H27NO3/c18-15(12-13-6-2-1-3-7-13)17-11-5-4-8-14(17)9-10-16(19)20/h13-14H,1-12H2,(H,19,20). The summed E-state index contributed by atoms with van der Waals surface area (Å²) in [6.45, 7) is 0.829. The van der Waals surface area contributed by atoms with E-state index in [-0.39, 0.29) is 18.4 Å². The molecule has 1 atom stereocenters. The maximum absolute atomic E-state index is 12.5. The number of piperidine rings is 1. The SMILES string of the molecule is O=C(O)CCC1CCCCN1C(=O)CC1CCCCC1. The zero-order chi connectivity index (χ0) is 14.4. The molecule has 0 aromatic heterocycles. The third-order valence-corrected chi connectivity index (χ3v) is 4.83. The lowest BCUT2D eigenvalue weighted by atomic mass is 9.86. The first-order valence-corrected chi connectivity index (χ1v) is 8.18. The van der Waals surface area contributed by atoms with Crippen molar-refractivity contribution < 1.29 is 14.7 Å². The van der Waals surface area contributed by atoms with Gasteiger partial charge in [0.05, 0.1) is 0 Å². The molecule has 114 valence electrons. The number of hydrogen-bond acceptors (Lipinski definition) is 2. The van der Waals surface area contributed by atoms with E-state index in [0.29, 0.717) is 18.8 Å². The van der Waals surface area contributed by atoms with Crippen LogP contribution in [0.4, 0.5) is 0 Å². The molecular weight excluding hydrogens is 254 g/mol. The van der Waals surface area contributed by atoms with E-state index in [0.717, 1.165) is 25.8 Å². The normalized spacial score (nSPS) is 24.6. The average molecular weight is 281 g/mol. The Hall–Kier alpha value is -1.06. The maximum atomic E-state index is 12.5. The fourth-order valence-electron chi connectivity index (χ4n) is 3.67. The Morgan fingerprint density at radius 2 is 1.70 bits per heavy atom. The highest BCUT2D eigenvalue weighted by Gasteiger charge is 2.28. The maximum Gasteiger partial charge on any atom is 0.303 e. The van der Waals surface area contributed by atoms with Gasteiger partial charge in [-0.3, -0.25) is 9.59 Å². The van der Waals surface area contributed by atoms with Crippen LogP contribution in [-0.2, 0) is 9.59 Å². The minimum absolute atomic E-state index is 0.163. The number of nitrogens with zero attached hydrogens (tertiary/aromatic N) is 1. The number of carbonyl (C=O) groups excluding carboxylic acids is 1. The second-order valence-electron chi connectivity index (χ2n) is 6.38. The van der Waals surface area contributed by atoms with Crippen LogP contribution in [0.25, 0.3) is 0 Å². The Morgan fingerprint density at radius 1 is 1.00 bits per heavy atom. The predicted octanol–water partition coefficient (Wildman–Crippen LogP) is 3.20. The minimum atomic E-state index is -0.754. The lowest BCUT2D eigenvalue weighted by Gasteiger charge is -2.37. The molecule has 1 amide bonds. The van der Waals surface area contributed by atoms with Gasteiger partial charge in [-0.1, -0.05) is 19.3 Å². The second-order valence-corrected chi connectivity index (χ2v) is 6.38. The van der Waals surface area contributed by atoms with Gasteiger partial charge in [-0.05, 0) is 44.4 Å². The van der Waals surface area contributed by atoms with Gasteiger partial charge in [-0.25, -0.2) is 0 Å². The fourth-order valence-corrected chi connectivity index (χ4v) is 3.67. The summed E-state index contributed by atoms with van der Waals surface area (Å²) < 4.78 is 0. The van der Waals surface area contributed by atoms with Crippen molar-refractivity contribution in [1.82, 2.24) is 4.90 Å². The Morgan fingerprint density at radius 3 is 2.40 bits per heavy atom. The number of carbonyl (C=O) groups is 2. The van der Waals surface area contributed by atoms with Crippen LogP contribution >= 0.6 is 0 Å². The highest BCUT2D eigenvalue weighted by Crippen LogP contribution is 2.29. The molecule has 4 nitrogen and oxygen atoms in total. The molecule has 2 aliphatic rings. The molecule has 1 aliphatic carbocycles. The van der Waals surface area contributed by atoms with Gasteiger partial charge in [-0.2, -0.15) is 0 Å². The summed E-state index contributed by atoms with van der Waals surface area (Å²) in [4.78, 5) is 25.2. The van der Waals surface area contributed by atoms with E-state index >= 15 is 0 Å². The van der Waals surface area contributed by atoms with Crippen molar-refractivity contribution in [2.75, 3.05) is 6.54 Å². The molecule has 1 unspecified atom stereocenters. The molecule has 2 fully saturated rings. The van der Waals surface area contributed by atoms with Crippen molar-refractivity contribution in [3.05, 3.63) is 0 Å². The van der Waals surface area contributed by atoms with Crippen molar-refractivity contribution >= 4 is 11.9 Å². The van der Waals surface area contributed by atoms with Gasteiger partial charge in [0.2, 0.25) is 5.91 Å². The minimum Gasteiger partial charge on any atom is -0.481 e. The molecule has 0 radical (unpaired) electrons. The van der Waals surface area contributed by atoms with Crippen LogP contribution in [0.5, 0.6) is 0 Å². The monoisotopic (exact) mass is 281 g/mol. The molecule has 2 rings (SSSR count). The fraction of sp³-hybridized carbons (Fsp3) is 0.875. The molecule has 20 heavy (non-hydrogen) atoms. The van der Waals surface area contributed by atoms with E-state index in [1.807, 2.05) is 4.90 Å². The number of rotatable bonds is 5. The van der Waals surface area contributed by atoms with Crippen LogP contribution in [0.3, 0.4) is 0 Å². The second kappa shape index (κ2) is 7.65. The first-order valence-electron chi connectivity index (χ1n) is 8.18. The summed E-state index contributed by atoms with van der Waals surface area (Å²) >= 11 is 0. The molecule has 0 bridgehead atoms. The summed E-state index contributed by atoms with van der Waals surface area (Å²) in [5.41, 5.74) is 0. The van der Waals surface area contributed by atoms with Gasteiger partial charge in [0.1, 0.15) is 0 Å². The lowest BCUT2D eigenvalue weighted by molar-refractivity contribution is -0.140. The number of hydrogen-bond donors (Lipinski definition) is 1. The molecule has 1 N–H and O–H groups in total. The Kier molecular flexibility index (Phi) is 5.86. The van der Waals surface area contributed by atoms with E-state index in [1.165, 1.54) is 32.1 Å². The summed E-state index contributed by atoms with van der Waals surface area (Å²) in [5.74, 6) is 0.0838. The van der Waals surface area contributed by atoms with Crippen molar-refractivity contribution in [3.8, 4) is 0 Å². The molecule has 0 aromatic carbocycles. The molecular formula is C16H27NO3. The third-order valence-electron chi connectivity index (χ3n) is 4.83. The number of carboxylic acids is 1. The van der Waals surface area contributed by atoms with Gasteiger partial charge < -0.3 is 10.0 Å². The molecule has 0 aromatic rings. The zero-order valence-electron chi connectivity index (χ0n) is 12.4. The highest BCUT2D eigenvalue weighted by molar-refractivity contribution is 5.77. The molecule has 1 aliphatic heterocycles. The Balaban J connectivity index is 1.85. The van der Waals surface area contributed by atoms with E-state index in [1.54, 1.807) is 0 Å². The number of aliphatic carboxylic acids is 1. The van der Waals surface area contributed by atoms with Gasteiger partial charge in [0.25, 0.3) is 0 Å². The molecule has 1 saturated carbocycles. The van der Waals surface area contributed by atoms with Crippen molar-refractivity contribution in [2.24, 2.45) is 5.92 Å². The summed E-state index contributed by atoms with van der Waals surface area (Å²) in [7, 11) is 0. The Labute approximate surface area is 121 Å². The van der Waals surface area contributed by atoms with Crippen molar-refractivity contribution in [2.45, 2.75) is 76.7 Å². The third kappa shape index (κ3) is 4.50. The predicted molar refractivity (Wildman–Crippen MR) is 77.4 cm³/mol. The first kappa shape index (κ1) is 15.3. The molecule has 1 saturated heterocycles. The van der Waals surface area contributed by atoms with Gasteiger partial charge in [0, 0.05) is 25.4 Å². The van der Waals surface area contributed by atoms with Crippen molar-refractivity contribution in [3.63, 3.8) is 0 Å². The van der Waals surface area contributed by atoms with Crippen LogP contribution in [0.15, 0.2) is 0 Å². The summed E-state index contributed by atoms with van der Waals surface area (Å²) in [5, 5.41) is 8.83. The van der Waals surface area contributed by atoms with E-state index in [9.17, 15) is 9.59 Å². The molecule has 0 spiro atoms. The largest absolute Gasteiger partial charge is 0.481 e. The highest BCUT2D eigenvalue weighted by atomic mass is 16.4. The zero-order valence-corrected chi connectivity index (χ0v) is 12.4. The topological polar surface area (TPSA) is 57.6 Å².